The molecule has 0 radical (unpaired) electrons. The summed E-state index contributed by atoms with van der Waals surface area (Å²) in [5, 5.41) is -0.654. The van der Waals surface area contributed by atoms with Crippen LogP contribution in [0.5, 0.6) is 0 Å². The maximum atomic E-state index is 12.0. The van der Waals surface area contributed by atoms with E-state index in [9.17, 15) is 8.77 Å². The summed E-state index contributed by atoms with van der Waals surface area (Å²) >= 11 is 0. The third-order valence-corrected chi connectivity index (χ3v) is 5.48. The molecule has 15 heavy (non-hydrogen) atoms. The minimum Gasteiger partial charge on any atom is -0.317 e. The van der Waals surface area contributed by atoms with Crippen molar-refractivity contribution in [3.8, 4) is 0 Å². The predicted molar refractivity (Wildman–Crippen MR) is 62.4 cm³/mol. The van der Waals surface area contributed by atoms with E-state index in [2.05, 4.69) is 0 Å². The van der Waals surface area contributed by atoms with Gasteiger partial charge in [-0.3, -0.25) is 8.77 Å². The molecule has 0 aliphatic heterocycles. The quantitative estimate of drug-likeness (QED) is 0.663. The minimum absolute atomic E-state index is 0.00906. The molecule has 0 fully saturated rings. The Morgan fingerprint density at radius 2 is 1.73 bits per heavy atom. The van der Waals surface area contributed by atoms with Crippen molar-refractivity contribution in [2.24, 2.45) is 5.73 Å². The van der Waals surface area contributed by atoms with Gasteiger partial charge in [-0.05, 0) is 13.8 Å². The predicted octanol–water partition coefficient (Wildman–Crippen LogP) is 1.31. The van der Waals surface area contributed by atoms with Crippen molar-refractivity contribution in [2.75, 3.05) is 25.1 Å². The first kappa shape index (κ1) is 15.3. The second kappa shape index (κ2) is 7.52. The number of rotatable bonds is 8. The maximum absolute atomic E-state index is 12.0. The van der Waals surface area contributed by atoms with Crippen LogP contribution in [0.15, 0.2) is 0 Å². The fourth-order valence-electron chi connectivity index (χ4n) is 1.05. The Labute approximate surface area is 93.7 Å². The van der Waals surface area contributed by atoms with Crippen molar-refractivity contribution in [3.63, 3.8) is 0 Å². The number of nitrogens with two attached hydrogens (primary N) is 1. The van der Waals surface area contributed by atoms with Gasteiger partial charge in [-0.2, -0.15) is 0 Å². The summed E-state index contributed by atoms with van der Waals surface area (Å²) in [7, 11) is -4.34. The van der Waals surface area contributed by atoms with Crippen molar-refractivity contribution >= 4 is 18.4 Å². The van der Waals surface area contributed by atoms with Gasteiger partial charge >= 0.3 is 7.60 Å². The Balaban J connectivity index is 4.40. The third-order valence-electron chi connectivity index (χ3n) is 1.68. The van der Waals surface area contributed by atoms with Crippen LogP contribution in [0.25, 0.3) is 0 Å². The largest absolute Gasteiger partial charge is 0.333 e. The molecule has 0 spiro atoms. The van der Waals surface area contributed by atoms with Crippen LogP contribution in [-0.4, -0.2) is 34.7 Å². The van der Waals surface area contributed by atoms with E-state index in [0.717, 1.165) is 0 Å². The number of hydrogen-bond acceptors (Lipinski definition) is 5. The normalized spacial score (nSPS) is 16.3. The fourth-order valence-corrected chi connectivity index (χ4v) is 4.21. The second-order valence-electron chi connectivity index (χ2n) is 2.84. The first-order valence-corrected chi connectivity index (χ1v) is 8.11. The van der Waals surface area contributed by atoms with Crippen LogP contribution >= 0.6 is 7.60 Å². The Hall–Kier alpha value is 0.260. The molecule has 2 N–H and O–H groups in total. The molecule has 0 aliphatic rings. The van der Waals surface area contributed by atoms with E-state index in [0.29, 0.717) is 19.0 Å². The summed E-state index contributed by atoms with van der Waals surface area (Å²) in [6.07, 6.45) is 0.00906. The van der Waals surface area contributed by atoms with Gasteiger partial charge in [0.2, 0.25) is 0 Å². The van der Waals surface area contributed by atoms with Gasteiger partial charge in [0.1, 0.15) is 0 Å². The van der Waals surface area contributed by atoms with Gasteiger partial charge in [0.05, 0.1) is 24.7 Å². The van der Waals surface area contributed by atoms with E-state index in [1.807, 2.05) is 0 Å². The lowest BCUT2D eigenvalue weighted by atomic mass is 10.8. The summed E-state index contributed by atoms with van der Waals surface area (Å²) < 4.78 is 33.4. The zero-order valence-corrected chi connectivity index (χ0v) is 11.2. The lowest BCUT2D eigenvalue weighted by Gasteiger charge is -2.19. The summed E-state index contributed by atoms with van der Waals surface area (Å²) in [4.78, 5) is 0. The molecule has 2 atom stereocenters. The minimum atomic E-state index is -3.16. The van der Waals surface area contributed by atoms with Crippen LogP contribution in [0.1, 0.15) is 20.8 Å². The first-order valence-electron chi connectivity index (χ1n) is 5.00. The average Bonchev–Trinajstić information content (AvgIpc) is 2.16. The average molecular weight is 257 g/mol. The Morgan fingerprint density at radius 3 is 2.07 bits per heavy atom. The van der Waals surface area contributed by atoms with Gasteiger partial charge in [0.25, 0.3) is 0 Å². The van der Waals surface area contributed by atoms with Crippen LogP contribution in [0.3, 0.4) is 0 Å². The third kappa shape index (κ3) is 5.78. The summed E-state index contributed by atoms with van der Waals surface area (Å²) in [6, 6.07) is 0. The van der Waals surface area contributed by atoms with Gasteiger partial charge in [-0.1, -0.05) is 6.92 Å². The first-order chi connectivity index (χ1) is 6.99. The topological polar surface area (TPSA) is 78.6 Å². The molecule has 0 aromatic heterocycles. The summed E-state index contributed by atoms with van der Waals surface area (Å²) in [6.45, 7) is 5.82. The smallest absolute Gasteiger partial charge is 0.317 e. The standard InChI is InChI=1S/C8H20NO4PS/c1-4-12-14(10,13-5-2)7-8(9)15(11)6-3/h8H,4-7,9H2,1-3H3/t8-,15-/m1/s1. The van der Waals surface area contributed by atoms with E-state index in [1.165, 1.54) is 0 Å². The zero-order valence-electron chi connectivity index (χ0n) is 9.47. The Bertz CT molecular complexity index is 239. The molecule has 0 rings (SSSR count). The van der Waals surface area contributed by atoms with Crippen LogP contribution in [0.2, 0.25) is 0 Å². The van der Waals surface area contributed by atoms with E-state index >= 15 is 0 Å². The molecule has 0 heterocycles. The van der Waals surface area contributed by atoms with Gasteiger partial charge in [-0.15, -0.1) is 0 Å². The molecule has 0 amide bonds. The van der Waals surface area contributed by atoms with Crippen molar-refractivity contribution in [2.45, 2.75) is 26.1 Å². The molecule has 0 aromatic carbocycles. The Morgan fingerprint density at radius 1 is 1.27 bits per heavy atom. The highest BCUT2D eigenvalue weighted by Gasteiger charge is 2.28. The SMILES string of the molecule is CCOP(=O)(C[C@H](N)[S@](=O)CC)OCC. The van der Waals surface area contributed by atoms with E-state index < -0.39 is 23.8 Å². The van der Waals surface area contributed by atoms with Gasteiger partial charge in [-0.25, -0.2) is 0 Å². The highest BCUT2D eigenvalue weighted by molar-refractivity contribution is 7.86. The maximum Gasteiger partial charge on any atom is 0.333 e. The van der Waals surface area contributed by atoms with E-state index in [4.69, 9.17) is 14.8 Å². The molecule has 0 saturated heterocycles. The van der Waals surface area contributed by atoms with Crippen molar-refractivity contribution in [3.05, 3.63) is 0 Å². The van der Waals surface area contributed by atoms with Crippen LogP contribution < -0.4 is 5.73 Å². The molecule has 0 aliphatic carbocycles. The molecule has 5 nitrogen and oxygen atoms in total. The molecule has 92 valence electrons. The van der Waals surface area contributed by atoms with Crippen LogP contribution in [0.4, 0.5) is 0 Å². The second-order valence-corrected chi connectivity index (χ2v) is 6.88. The van der Waals surface area contributed by atoms with Crippen molar-refractivity contribution in [1.29, 1.82) is 0 Å². The number of hydrogen-bond donors (Lipinski definition) is 1. The van der Waals surface area contributed by atoms with E-state index in [-0.39, 0.29) is 6.16 Å². The van der Waals surface area contributed by atoms with Crippen molar-refractivity contribution in [1.82, 2.24) is 0 Å². The molecule has 0 unspecified atom stereocenters. The summed E-state index contributed by atoms with van der Waals surface area (Å²) in [5.74, 6) is 0.444. The molecule has 0 bridgehead atoms. The van der Waals surface area contributed by atoms with Gasteiger partial charge in [0, 0.05) is 16.6 Å². The van der Waals surface area contributed by atoms with Crippen LogP contribution in [0, 0.1) is 0 Å². The molecule has 7 heteroatoms. The summed E-state index contributed by atoms with van der Waals surface area (Å²) in [5.41, 5.74) is 5.64. The molecule has 0 saturated carbocycles. The van der Waals surface area contributed by atoms with E-state index in [1.54, 1.807) is 20.8 Å². The lowest BCUT2D eigenvalue weighted by Crippen LogP contribution is -2.31. The molecular formula is C8H20NO4PS. The molecular weight excluding hydrogens is 237 g/mol. The fraction of sp³-hybridized carbons (Fsp3) is 1.00. The lowest BCUT2D eigenvalue weighted by molar-refractivity contribution is 0.220. The zero-order chi connectivity index (χ0) is 11.9. The van der Waals surface area contributed by atoms with Gasteiger partial charge < -0.3 is 14.8 Å². The molecule has 0 aromatic rings. The highest BCUT2D eigenvalue weighted by Crippen LogP contribution is 2.48. The Kier molecular flexibility index (Phi) is 7.65. The van der Waals surface area contributed by atoms with Crippen molar-refractivity contribution < 1.29 is 17.8 Å². The van der Waals surface area contributed by atoms with Crippen LogP contribution in [-0.2, 0) is 24.4 Å². The van der Waals surface area contributed by atoms with Gasteiger partial charge in [0.15, 0.2) is 0 Å². The monoisotopic (exact) mass is 257 g/mol. The highest BCUT2D eigenvalue weighted by atomic mass is 32.2.